The van der Waals surface area contributed by atoms with Crippen LogP contribution >= 0.6 is 11.8 Å². The number of aromatic nitrogens is 2. The Morgan fingerprint density at radius 3 is 2.53 bits per heavy atom. The van der Waals surface area contributed by atoms with Crippen LogP contribution < -0.4 is 15.4 Å². The lowest BCUT2D eigenvalue weighted by atomic mass is 10.1. The van der Waals surface area contributed by atoms with Gasteiger partial charge in [-0.1, -0.05) is 37.1 Å². The summed E-state index contributed by atoms with van der Waals surface area (Å²) >= 11 is 1.61. The number of anilines is 3. The molecule has 0 atom stereocenters. The molecule has 1 aliphatic carbocycles. The van der Waals surface area contributed by atoms with E-state index in [4.69, 9.17) is 0 Å². The summed E-state index contributed by atoms with van der Waals surface area (Å²) in [5.74, 6) is 0.709. The van der Waals surface area contributed by atoms with Crippen molar-refractivity contribution in [1.82, 2.24) is 9.97 Å². The molecular weight excluding hydrogens is 437 g/mol. The van der Waals surface area contributed by atoms with Gasteiger partial charge in [-0.2, -0.15) is 4.98 Å². The average molecular weight is 461 g/mol. The molecule has 0 bridgehead atoms. The van der Waals surface area contributed by atoms with Gasteiger partial charge in [0.1, 0.15) is 11.6 Å². The van der Waals surface area contributed by atoms with E-state index in [-0.39, 0.29) is 11.8 Å². The maximum Gasteiger partial charge on any atom is 0.573 e. The van der Waals surface area contributed by atoms with Crippen LogP contribution in [0.5, 0.6) is 5.75 Å². The van der Waals surface area contributed by atoms with Gasteiger partial charge in [-0.15, -0.1) is 24.9 Å². The third-order valence-electron chi connectivity index (χ3n) is 5.15. The second-order valence-electron chi connectivity index (χ2n) is 7.49. The van der Waals surface area contributed by atoms with Crippen molar-refractivity contribution in [3.05, 3.63) is 54.6 Å². The highest BCUT2D eigenvalue weighted by molar-refractivity contribution is 7.98. The van der Waals surface area contributed by atoms with Gasteiger partial charge < -0.3 is 15.4 Å². The van der Waals surface area contributed by atoms with Gasteiger partial charge in [-0.3, -0.25) is 0 Å². The van der Waals surface area contributed by atoms with E-state index in [0.717, 1.165) is 36.3 Å². The summed E-state index contributed by atoms with van der Waals surface area (Å²) in [6.07, 6.45) is 1.63. The lowest BCUT2D eigenvalue weighted by Crippen LogP contribution is -2.17. The van der Waals surface area contributed by atoms with Crippen molar-refractivity contribution in [2.45, 2.75) is 43.0 Å². The summed E-state index contributed by atoms with van der Waals surface area (Å²) < 4.78 is 42.1. The minimum absolute atomic E-state index is 0.288. The molecule has 5 nitrogen and oxygen atoms in total. The van der Waals surface area contributed by atoms with Gasteiger partial charge in [0.2, 0.25) is 5.95 Å². The van der Waals surface area contributed by atoms with Crippen molar-refractivity contribution in [2.75, 3.05) is 16.9 Å². The molecule has 1 saturated carbocycles. The molecule has 0 unspecified atom stereocenters. The summed E-state index contributed by atoms with van der Waals surface area (Å²) in [5, 5.41) is 6.71. The van der Waals surface area contributed by atoms with Crippen molar-refractivity contribution >= 4 is 29.2 Å². The minimum Gasteiger partial charge on any atom is -0.406 e. The number of ether oxygens (including phenoxy) is 1. The molecule has 0 radical (unpaired) electrons. The monoisotopic (exact) mass is 460 g/mol. The van der Waals surface area contributed by atoms with Crippen molar-refractivity contribution < 1.29 is 17.9 Å². The highest BCUT2D eigenvalue weighted by Gasteiger charge is 2.31. The fourth-order valence-electron chi connectivity index (χ4n) is 3.71. The van der Waals surface area contributed by atoms with Gasteiger partial charge >= 0.3 is 6.36 Å². The van der Waals surface area contributed by atoms with Crippen LogP contribution in [0.4, 0.5) is 30.6 Å². The Bertz CT molecular complexity index is 1070. The number of para-hydroxylation sites is 1. The fraction of sp³-hybridized carbons (Fsp3) is 0.304. The zero-order valence-corrected chi connectivity index (χ0v) is 18.3. The van der Waals surface area contributed by atoms with Crippen molar-refractivity contribution in [1.29, 1.82) is 0 Å². The number of hydrogen-bond acceptors (Lipinski definition) is 6. The van der Waals surface area contributed by atoms with E-state index in [1.165, 1.54) is 18.2 Å². The molecule has 0 amide bonds. The lowest BCUT2D eigenvalue weighted by Gasteiger charge is -2.16. The standard InChI is InChI=1S/C23H23F3N4OS/c1-32-20-12-5-4-11-18(20)28-21-14-19(29-22(30-21)27-16-8-2-3-9-16)15-7-6-10-17(13-15)31-23(24,25)26/h4-7,10-14,16H,2-3,8-9H2,1H3,(H2,27,28,29,30). The number of hydrogen-bond donors (Lipinski definition) is 2. The molecule has 1 aliphatic rings. The highest BCUT2D eigenvalue weighted by Crippen LogP contribution is 2.32. The van der Waals surface area contributed by atoms with E-state index < -0.39 is 6.36 Å². The number of rotatable bonds is 7. The number of thioether (sulfide) groups is 1. The molecule has 4 rings (SSSR count). The molecule has 0 spiro atoms. The highest BCUT2D eigenvalue weighted by atomic mass is 32.2. The third-order valence-corrected chi connectivity index (χ3v) is 5.94. The zero-order chi connectivity index (χ0) is 22.6. The van der Waals surface area contributed by atoms with E-state index >= 15 is 0 Å². The number of halogens is 3. The first kappa shape index (κ1) is 22.3. The van der Waals surface area contributed by atoms with Gasteiger partial charge in [0, 0.05) is 22.6 Å². The van der Waals surface area contributed by atoms with Crippen molar-refractivity contribution in [3.8, 4) is 17.0 Å². The van der Waals surface area contributed by atoms with Crippen molar-refractivity contribution in [3.63, 3.8) is 0 Å². The first-order valence-corrected chi connectivity index (χ1v) is 11.5. The van der Waals surface area contributed by atoms with Crippen LogP contribution in [0, 0.1) is 0 Å². The largest absolute Gasteiger partial charge is 0.573 e. The second kappa shape index (κ2) is 9.68. The maximum absolute atomic E-state index is 12.7. The summed E-state index contributed by atoms with van der Waals surface area (Å²) in [5.41, 5.74) is 1.90. The topological polar surface area (TPSA) is 59.1 Å². The predicted molar refractivity (Wildman–Crippen MR) is 122 cm³/mol. The Hall–Kier alpha value is -2.94. The molecule has 168 valence electrons. The number of alkyl halides is 3. The third kappa shape index (κ3) is 5.85. The molecule has 0 saturated heterocycles. The van der Waals surface area contributed by atoms with E-state index in [9.17, 15) is 13.2 Å². The Labute approximate surface area is 188 Å². The van der Waals surface area contributed by atoms with Crippen LogP contribution in [-0.2, 0) is 0 Å². The minimum atomic E-state index is -4.76. The molecule has 0 aliphatic heterocycles. The Balaban J connectivity index is 1.69. The quantitative estimate of drug-likeness (QED) is 0.376. The van der Waals surface area contributed by atoms with Crippen molar-refractivity contribution in [2.24, 2.45) is 0 Å². The van der Waals surface area contributed by atoms with E-state index in [1.54, 1.807) is 23.9 Å². The van der Waals surface area contributed by atoms with Gasteiger partial charge in [-0.05, 0) is 43.4 Å². The molecular formula is C23H23F3N4OS. The SMILES string of the molecule is CSc1ccccc1Nc1cc(-c2cccc(OC(F)(F)F)c2)nc(NC2CCCC2)n1. The van der Waals surface area contributed by atoms with Crippen LogP contribution in [-0.4, -0.2) is 28.6 Å². The van der Waals surface area contributed by atoms with Gasteiger partial charge in [0.05, 0.1) is 11.4 Å². The van der Waals surface area contributed by atoms with E-state index in [1.807, 2.05) is 30.5 Å². The Kier molecular flexibility index (Phi) is 6.74. The molecule has 9 heteroatoms. The molecule has 32 heavy (non-hydrogen) atoms. The van der Waals surface area contributed by atoms with Crippen LogP contribution in [0.2, 0.25) is 0 Å². The number of nitrogens with zero attached hydrogens (tertiary/aromatic N) is 2. The lowest BCUT2D eigenvalue weighted by molar-refractivity contribution is -0.274. The van der Waals surface area contributed by atoms with Gasteiger partial charge in [0.15, 0.2) is 0 Å². The molecule has 1 fully saturated rings. The summed E-state index contributed by atoms with van der Waals surface area (Å²) in [4.78, 5) is 10.3. The van der Waals surface area contributed by atoms with Crippen LogP contribution in [0.3, 0.4) is 0 Å². The van der Waals surface area contributed by atoms with E-state index in [2.05, 4.69) is 25.3 Å². The van der Waals surface area contributed by atoms with Crippen LogP contribution in [0.25, 0.3) is 11.3 Å². The molecule has 1 heterocycles. The summed E-state index contributed by atoms with van der Waals surface area (Å²) in [6.45, 7) is 0. The number of benzene rings is 2. The maximum atomic E-state index is 12.7. The average Bonchev–Trinajstić information content (AvgIpc) is 3.26. The van der Waals surface area contributed by atoms with Gasteiger partial charge in [0.25, 0.3) is 0 Å². The molecule has 2 aromatic carbocycles. The Morgan fingerprint density at radius 1 is 1.00 bits per heavy atom. The first-order valence-electron chi connectivity index (χ1n) is 10.3. The molecule has 2 N–H and O–H groups in total. The van der Waals surface area contributed by atoms with E-state index in [0.29, 0.717) is 23.0 Å². The second-order valence-corrected chi connectivity index (χ2v) is 8.34. The normalized spacial score (nSPS) is 14.4. The van der Waals surface area contributed by atoms with Gasteiger partial charge in [-0.25, -0.2) is 4.98 Å². The first-order chi connectivity index (χ1) is 15.4. The molecule has 3 aromatic rings. The smallest absolute Gasteiger partial charge is 0.406 e. The van der Waals surface area contributed by atoms with Crippen LogP contribution in [0.15, 0.2) is 59.5 Å². The summed E-state index contributed by atoms with van der Waals surface area (Å²) in [6, 6.07) is 15.7. The Morgan fingerprint density at radius 2 is 1.78 bits per heavy atom. The van der Waals surface area contributed by atoms with Crippen LogP contribution in [0.1, 0.15) is 25.7 Å². The number of nitrogens with one attached hydrogen (secondary N) is 2. The summed E-state index contributed by atoms with van der Waals surface area (Å²) in [7, 11) is 0. The zero-order valence-electron chi connectivity index (χ0n) is 17.4. The predicted octanol–water partition coefficient (Wildman–Crippen LogP) is 6.86. The fourth-order valence-corrected chi connectivity index (χ4v) is 4.27. The molecule has 1 aromatic heterocycles.